The molecule has 4 heteroatoms. The molecule has 0 bridgehead atoms. The van der Waals surface area contributed by atoms with Gasteiger partial charge < -0.3 is 4.42 Å². The molecule has 3 aromatic carbocycles. The molecule has 0 fully saturated rings. The first-order valence-electron chi connectivity index (χ1n) is 9.16. The number of furan rings is 1. The maximum Gasteiger partial charge on any atom is 0.297 e. The smallest absolute Gasteiger partial charge is 0.297 e. The molecule has 0 unspecified atom stereocenters. The van der Waals surface area contributed by atoms with Gasteiger partial charge in [-0.2, -0.15) is 9.83 Å². The highest BCUT2D eigenvalue weighted by Gasteiger charge is 2.25. The molecular formula is C24H18N3O+. The molecule has 0 saturated carbocycles. The molecule has 0 N–H and O–H groups in total. The molecule has 28 heavy (non-hydrogen) atoms. The first-order chi connectivity index (χ1) is 13.7. The second kappa shape index (κ2) is 6.11. The fourth-order valence-corrected chi connectivity index (χ4v) is 3.86. The number of hydrogen-bond acceptors (Lipinski definition) is 2. The Labute approximate surface area is 162 Å². The summed E-state index contributed by atoms with van der Waals surface area (Å²) in [6.07, 6.45) is 4.12. The van der Waals surface area contributed by atoms with Crippen molar-refractivity contribution < 1.29 is 8.98 Å². The fourth-order valence-electron chi connectivity index (χ4n) is 3.86. The van der Waals surface area contributed by atoms with Gasteiger partial charge in [0.25, 0.3) is 5.82 Å². The highest BCUT2D eigenvalue weighted by Crippen LogP contribution is 2.37. The maximum atomic E-state index is 9.27. The zero-order valence-corrected chi connectivity index (χ0v) is 15.7. The summed E-state index contributed by atoms with van der Waals surface area (Å²) in [7, 11) is 2.05. The standard InChI is InChI=1S/C24H18N3O/c1-16-8-10-19-20-14-17(15-25)9-11-21(20)28-23(19)22(16)24-26(2)12-13-27(24)18-6-4-3-5-7-18/h3-14H,1-2H3/q+1. The van der Waals surface area contributed by atoms with E-state index >= 15 is 0 Å². The van der Waals surface area contributed by atoms with E-state index in [-0.39, 0.29) is 0 Å². The van der Waals surface area contributed by atoms with Crippen LogP contribution < -0.4 is 4.57 Å². The Morgan fingerprint density at radius 1 is 1.00 bits per heavy atom. The second-order valence-corrected chi connectivity index (χ2v) is 7.00. The van der Waals surface area contributed by atoms with Gasteiger partial charge in [0, 0.05) is 10.8 Å². The molecule has 2 aromatic heterocycles. The lowest BCUT2D eigenvalue weighted by Crippen LogP contribution is -2.29. The van der Waals surface area contributed by atoms with Crippen molar-refractivity contribution in [2.45, 2.75) is 6.92 Å². The highest BCUT2D eigenvalue weighted by molar-refractivity contribution is 6.09. The average Bonchev–Trinajstić information content (AvgIpc) is 3.28. The van der Waals surface area contributed by atoms with Crippen LogP contribution in [0.15, 0.2) is 77.5 Å². The Morgan fingerprint density at radius 3 is 2.61 bits per heavy atom. The van der Waals surface area contributed by atoms with Crippen molar-refractivity contribution in [1.82, 2.24) is 4.57 Å². The topological polar surface area (TPSA) is 45.7 Å². The van der Waals surface area contributed by atoms with Crippen LogP contribution in [0.3, 0.4) is 0 Å². The molecule has 4 nitrogen and oxygen atoms in total. The summed E-state index contributed by atoms with van der Waals surface area (Å²) in [5, 5.41) is 11.3. The number of para-hydroxylation sites is 1. The van der Waals surface area contributed by atoms with Gasteiger partial charge in [-0.3, -0.25) is 0 Å². The molecule has 0 aliphatic heterocycles. The van der Waals surface area contributed by atoms with Crippen molar-refractivity contribution in [2.75, 3.05) is 0 Å². The second-order valence-electron chi connectivity index (χ2n) is 7.00. The molecule has 2 heterocycles. The van der Waals surface area contributed by atoms with Gasteiger partial charge in [-0.05, 0) is 42.8 Å². The number of hydrogen-bond donors (Lipinski definition) is 0. The summed E-state index contributed by atoms with van der Waals surface area (Å²) in [6.45, 7) is 2.10. The zero-order valence-electron chi connectivity index (χ0n) is 15.7. The van der Waals surface area contributed by atoms with Crippen molar-refractivity contribution in [3.8, 4) is 23.1 Å². The van der Waals surface area contributed by atoms with Gasteiger partial charge in [0.05, 0.1) is 18.7 Å². The number of benzene rings is 3. The van der Waals surface area contributed by atoms with Crippen LogP contribution in [0.4, 0.5) is 0 Å². The third-order valence-electron chi connectivity index (χ3n) is 5.24. The quantitative estimate of drug-likeness (QED) is 0.412. The molecule has 0 aliphatic carbocycles. The van der Waals surface area contributed by atoms with Crippen LogP contribution >= 0.6 is 0 Å². The van der Waals surface area contributed by atoms with Crippen LogP contribution in [0.25, 0.3) is 39.0 Å². The lowest BCUT2D eigenvalue weighted by atomic mass is 10.0. The minimum atomic E-state index is 0.635. The molecule has 0 aliphatic rings. The molecule has 0 radical (unpaired) electrons. The van der Waals surface area contributed by atoms with Crippen LogP contribution in [-0.4, -0.2) is 4.57 Å². The number of rotatable bonds is 2. The third kappa shape index (κ3) is 2.34. The number of aromatic nitrogens is 2. The Balaban J connectivity index is 1.87. The van der Waals surface area contributed by atoms with Crippen LogP contribution in [0, 0.1) is 18.3 Å². The lowest BCUT2D eigenvalue weighted by molar-refractivity contribution is -0.659. The summed E-state index contributed by atoms with van der Waals surface area (Å²) in [5.41, 5.74) is 5.56. The van der Waals surface area contributed by atoms with Crippen LogP contribution in [0.2, 0.25) is 0 Å². The average molecular weight is 364 g/mol. The van der Waals surface area contributed by atoms with E-state index in [4.69, 9.17) is 4.42 Å². The van der Waals surface area contributed by atoms with E-state index in [1.54, 1.807) is 6.07 Å². The SMILES string of the molecule is Cc1ccc2c(oc3ccc(C#N)cc32)c1-c1n(-c2ccccc2)cc[n+]1C. The molecule has 0 atom stereocenters. The van der Waals surface area contributed by atoms with E-state index in [1.165, 1.54) is 0 Å². The summed E-state index contributed by atoms with van der Waals surface area (Å²) in [6, 6.07) is 22.3. The molecule has 5 aromatic rings. The highest BCUT2D eigenvalue weighted by atomic mass is 16.3. The number of nitrogens with zero attached hydrogens (tertiary/aromatic N) is 3. The van der Waals surface area contributed by atoms with Crippen LogP contribution in [0.5, 0.6) is 0 Å². The van der Waals surface area contributed by atoms with Gasteiger partial charge in [0.2, 0.25) is 0 Å². The summed E-state index contributed by atoms with van der Waals surface area (Å²) < 4.78 is 10.6. The van der Waals surface area contributed by atoms with Crippen molar-refractivity contribution in [3.63, 3.8) is 0 Å². The first kappa shape index (κ1) is 16.3. The van der Waals surface area contributed by atoms with E-state index in [0.717, 1.165) is 44.6 Å². The minimum absolute atomic E-state index is 0.635. The van der Waals surface area contributed by atoms with Gasteiger partial charge in [0.1, 0.15) is 29.2 Å². The monoisotopic (exact) mass is 364 g/mol. The van der Waals surface area contributed by atoms with Gasteiger partial charge in [-0.1, -0.05) is 30.3 Å². The Hall–Kier alpha value is -3.84. The van der Waals surface area contributed by atoms with E-state index in [1.807, 2.05) is 37.4 Å². The number of fused-ring (bicyclic) bond motifs is 3. The van der Waals surface area contributed by atoms with E-state index in [2.05, 4.69) is 58.8 Å². The summed E-state index contributed by atoms with van der Waals surface area (Å²) in [4.78, 5) is 0. The molecule has 0 spiro atoms. The number of imidazole rings is 1. The Morgan fingerprint density at radius 2 is 1.82 bits per heavy atom. The number of aryl methyl sites for hydroxylation is 2. The number of nitriles is 1. The van der Waals surface area contributed by atoms with E-state index in [0.29, 0.717) is 5.56 Å². The molecular weight excluding hydrogens is 346 g/mol. The predicted molar refractivity (Wildman–Crippen MR) is 109 cm³/mol. The minimum Gasteiger partial charge on any atom is -0.455 e. The predicted octanol–water partition coefficient (Wildman–Crippen LogP) is 5.05. The lowest BCUT2D eigenvalue weighted by Gasteiger charge is -2.07. The zero-order chi connectivity index (χ0) is 19.3. The Kier molecular flexibility index (Phi) is 3.56. The van der Waals surface area contributed by atoms with Crippen molar-refractivity contribution in [1.29, 1.82) is 5.26 Å². The van der Waals surface area contributed by atoms with Crippen molar-refractivity contribution >= 4 is 21.9 Å². The third-order valence-corrected chi connectivity index (χ3v) is 5.24. The molecule has 0 saturated heterocycles. The van der Waals surface area contributed by atoms with Crippen molar-refractivity contribution in [2.24, 2.45) is 7.05 Å². The first-order valence-corrected chi connectivity index (χ1v) is 9.16. The van der Waals surface area contributed by atoms with Crippen molar-refractivity contribution in [3.05, 3.63) is 84.2 Å². The van der Waals surface area contributed by atoms with Crippen LogP contribution in [-0.2, 0) is 7.05 Å². The summed E-state index contributed by atoms with van der Waals surface area (Å²) in [5.74, 6) is 1.05. The maximum absolute atomic E-state index is 9.27. The van der Waals surface area contributed by atoms with E-state index in [9.17, 15) is 5.26 Å². The molecule has 0 amide bonds. The van der Waals surface area contributed by atoms with Gasteiger partial charge in [-0.25, -0.2) is 4.57 Å². The largest absolute Gasteiger partial charge is 0.455 e. The van der Waals surface area contributed by atoms with Gasteiger partial charge in [-0.15, -0.1) is 0 Å². The molecule has 5 rings (SSSR count). The van der Waals surface area contributed by atoms with Crippen LogP contribution in [0.1, 0.15) is 11.1 Å². The fraction of sp³-hybridized carbons (Fsp3) is 0.0833. The van der Waals surface area contributed by atoms with E-state index < -0.39 is 0 Å². The Bertz CT molecular complexity index is 1380. The molecule has 134 valence electrons. The normalized spacial score (nSPS) is 11.2. The van der Waals surface area contributed by atoms with Gasteiger partial charge >= 0.3 is 0 Å². The van der Waals surface area contributed by atoms with Gasteiger partial charge in [0.15, 0.2) is 5.58 Å². The summed E-state index contributed by atoms with van der Waals surface area (Å²) >= 11 is 0.